The van der Waals surface area contributed by atoms with Gasteiger partial charge in [-0.25, -0.2) is 18.9 Å². The molecule has 1 amide bonds. The number of likely N-dealkylation sites (tertiary alicyclic amines) is 1. The van der Waals surface area contributed by atoms with Crippen LogP contribution in [0.2, 0.25) is 0 Å². The van der Waals surface area contributed by atoms with Gasteiger partial charge in [-0.15, -0.1) is 0 Å². The number of nitrogens with one attached hydrogen (secondary N) is 1. The van der Waals surface area contributed by atoms with E-state index < -0.39 is 16.9 Å². The molecule has 0 unspecified atom stereocenters. The van der Waals surface area contributed by atoms with Gasteiger partial charge >= 0.3 is 5.69 Å². The summed E-state index contributed by atoms with van der Waals surface area (Å²) in [6, 6.07) is 11.2. The average Bonchev–Trinajstić information content (AvgIpc) is 3.45. The van der Waals surface area contributed by atoms with Crippen LogP contribution in [0.5, 0.6) is 0 Å². The monoisotopic (exact) mass is 500 g/mol. The highest BCUT2D eigenvalue weighted by atomic mass is 19.1. The zero-order valence-corrected chi connectivity index (χ0v) is 21.6. The van der Waals surface area contributed by atoms with Crippen molar-refractivity contribution in [3.05, 3.63) is 87.9 Å². The number of H-pyrrole nitrogens is 1. The number of fused-ring (bicyclic) bond motifs is 1. The number of halogens is 1. The van der Waals surface area contributed by atoms with E-state index in [1.807, 2.05) is 43.9 Å². The number of hydrogen-bond acceptors (Lipinski definition) is 3. The Morgan fingerprint density at radius 1 is 1.14 bits per heavy atom. The summed E-state index contributed by atoms with van der Waals surface area (Å²) in [5, 5.41) is 6.69. The number of nitrogens with zero attached hydrogens (tertiary/aromatic N) is 3. The maximum atomic E-state index is 15.5. The fourth-order valence-electron chi connectivity index (χ4n) is 5.24. The van der Waals surface area contributed by atoms with Crippen LogP contribution in [-0.2, 0) is 17.6 Å². The van der Waals surface area contributed by atoms with Crippen molar-refractivity contribution in [2.45, 2.75) is 46.5 Å². The molecule has 3 aromatic rings. The Hall–Kier alpha value is -3.74. The van der Waals surface area contributed by atoms with Crippen LogP contribution in [0.3, 0.4) is 0 Å². The maximum Gasteiger partial charge on any atom is 0.348 e. The van der Waals surface area contributed by atoms with Crippen molar-refractivity contribution in [3.8, 4) is 16.8 Å². The number of hydrogen-bond donors (Lipinski definition) is 1. The Balaban J connectivity index is 1.38. The van der Waals surface area contributed by atoms with E-state index in [1.54, 1.807) is 6.07 Å². The number of rotatable bonds is 4. The van der Waals surface area contributed by atoms with Crippen LogP contribution in [0, 0.1) is 17.2 Å². The van der Waals surface area contributed by atoms with E-state index in [9.17, 15) is 9.59 Å². The SMILES string of the molecule is CC(C)(C)C(=O)N1CC[C@@H](Cc2n[nH]c(=O)n2-c2ccc(-c3ccc4c(c3)CC/C=C\C=C/4)cc2F)C1. The Kier molecular flexibility index (Phi) is 6.71. The van der Waals surface area contributed by atoms with Crippen LogP contribution < -0.4 is 5.69 Å². The standard InChI is InChI=1S/C30H33FN4O2/c1-30(2,3)28(36)34-15-14-20(19-34)16-27-32-33-29(37)35(27)26-13-12-24(18-25(26)31)23-11-10-21-8-6-4-5-7-9-22(21)17-23/h4-6,8,10-13,17-18,20H,7,9,14-16,19H2,1-3H3,(H,33,37)/b5-4-,8-6-/t20-/m0/s1. The predicted octanol–water partition coefficient (Wildman–Crippen LogP) is 5.32. The molecule has 1 aliphatic carbocycles. The molecular weight excluding hydrogens is 467 g/mol. The zero-order chi connectivity index (χ0) is 26.2. The third kappa shape index (κ3) is 5.22. The smallest absolute Gasteiger partial charge is 0.342 e. The third-order valence-corrected chi connectivity index (χ3v) is 7.20. The molecule has 1 saturated heterocycles. The second-order valence-electron chi connectivity index (χ2n) is 11.0. The van der Waals surface area contributed by atoms with E-state index in [-0.39, 0.29) is 17.5 Å². The lowest BCUT2D eigenvalue weighted by Crippen LogP contribution is -2.38. The summed E-state index contributed by atoms with van der Waals surface area (Å²) in [5.41, 5.74) is 3.38. The normalized spacial score (nSPS) is 19.2. The molecular formula is C30H33FN4O2. The quantitative estimate of drug-likeness (QED) is 0.527. The van der Waals surface area contributed by atoms with Gasteiger partial charge in [-0.2, -0.15) is 5.10 Å². The van der Waals surface area contributed by atoms with E-state index in [1.165, 1.54) is 21.8 Å². The minimum absolute atomic E-state index is 0.122. The molecule has 192 valence electrons. The van der Waals surface area contributed by atoms with Gasteiger partial charge in [-0.3, -0.25) is 4.79 Å². The number of allylic oxidation sites excluding steroid dienone is 3. The van der Waals surface area contributed by atoms with Gasteiger partial charge in [0.1, 0.15) is 11.6 Å². The number of aryl methyl sites for hydroxylation is 1. The molecule has 2 aliphatic rings. The average molecular weight is 501 g/mol. The molecule has 37 heavy (non-hydrogen) atoms. The molecule has 1 atom stereocenters. The van der Waals surface area contributed by atoms with Gasteiger partial charge in [0.25, 0.3) is 0 Å². The molecule has 1 N–H and O–H groups in total. The molecule has 7 heteroatoms. The summed E-state index contributed by atoms with van der Waals surface area (Å²) >= 11 is 0. The van der Waals surface area contributed by atoms with Gasteiger partial charge in [-0.05, 0) is 59.6 Å². The molecule has 0 spiro atoms. The minimum Gasteiger partial charge on any atom is -0.342 e. The van der Waals surface area contributed by atoms with E-state index in [0.717, 1.165) is 30.4 Å². The molecule has 0 radical (unpaired) electrons. The Labute approximate surface area is 216 Å². The first-order valence-corrected chi connectivity index (χ1v) is 12.9. The van der Waals surface area contributed by atoms with Gasteiger partial charge < -0.3 is 4.90 Å². The highest BCUT2D eigenvalue weighted by molar-refractivity contribution is 5.81. The second kappa shape index (κ2) is 9.96. The third-order valence-electron chi connectivity index (χ3n) is 7.20. The number of carbonyl (C=O) groups is 1. The highest BCUT2D eigenvalue weighted by Gasteiger charge is 2.33. The van der Waals surface area contributed by atoms with Crippen LogP contribution in [0.4, 0.5) is 4.39 Å². The number of aromatic nitrogens is 3. The summed E-state index contributed by atoms with van der Waals surface area (Å²) in [5.74, 6) is 0.285. The van der Waals surface area contributed by atoms with Gasteiger partial charge in [0.05, 0.1) is 5.69 Å². The molecule has 1 fully saturated rings. The molecule has 0 bridgehead atoms. The lowest BCUT2D eigenvalue weighted by atomic mass is 9.95. The topological polar surface area (TPSA) is 71.0 Å². The summed E-state index contributed by atoms with van der Waals surface area (Å²) in [4.78, 5) is 27.2. The van der Waals surface area contributed by atoms with Crippen molar-refractivity contribution in [2.75, 3.05) is 13.1 Å². The van der Waals surface area contributed by atoms with Crippen molar-refractivity contribution < 1.29 is 9.18 Å². The van der Waals surface area contributed by atoms with Crippen molar-refractivity contribution in [1.82, 2.24) is 19.7 Å². The summed E-state index contributed by atoms with van der Waals surface area (Å²) in [7, 11) is 0. The number of amides is 1. The Bertz CT molecular complexity index is 1440. The van der Waals surface area contributed by atoms with Crippen LogP contribution in [0.15, 0.2) is 59.4 Å². The van der Waals surface area contributed by atoms with Gasteiger partial charge in [0.15, 0.2) is 0 Å². The fraction of sp³-hybridized carbons (Fsp3) is 0.367. The Morgan fingerprint density at radius 3 is 2.70 bits per heavy atom. The van der Waals surface area contributed by atoms with Crippen LogP contribution in [-0.4, -0.2) is 38.7 Å². The van der Waals surface area contributed by atoms with E-state index in [2.05, 4.69) is 40.6 Å². The molecule has 0 saturated carbocycles. The number of benzene rings is 2. The summed E-state index contributed by atoms with van der Waals surface area (Å²) in [6.07, 6.45) is 11.5. The molecule has 5 rings (SSSR count). The lowest BCUT2D eigenvalue weighted by Gasteiger charge is -2.25. The first-order valence-electron chi connectivity index (χ1n) is 12.9. The zero-order valence-electron chi connectivity index (χ0n) is 21.6. The second-order valence-corrected chi connectivity index (χ2v) is 11.0. The van der Waals surface area contributed by atoms with E-state index >= 15 is 4.39 Å². The molecule has 6 nitrogen and oxygen atoms in total. The highest BCUT2D eigenvalue weighted by Crippen LogP contribution is 2.29. The first kappa shape index (κ1) is 24.9. The molecule has 1 aliphatic heterocycles. The van der Waals surface area contributed by atoms with Crippen LogP contribution in [0.25, 0.3) is 22.9 Å². The molecule has 1 aromatic heterocycles. The number of aromatic amines is 1. The minimum atomic E-state index is -0.479. The predicted molar refractivity (Wildman–Crippen MR) is 144 cm³/mol. The van der Waals surface area contributed by atoms with Gasteiger partial charge in [-0.1, -0.05) is 69.3 Å². The lowest BCUT2D eigenvalue weighted by molar-refractivity contribution is -0.138. The number of carbonyl (C=O) groups excluding carboxylic acids is 1. The summed E-state index contributed by atoms with van der Waals surface area (Å²) in [6.45, 7) is 7.05. The van der Waals surface area contributed by atoms with Crippen molar-refractivity contribution in [2.24, 2.45) is 11.3 Å². The maximum absolute atomic E-state index is 15.5. The van der Waals surface area contributed by atoms with Crippen molar-refractivity contribution >= 4 is 12.0 Å². The van der Waals surface area contributed by atoms with Crippen LogP contribution >= 0.6 is 0 Å². The fourth-order valence-corrected chi connectivity index (χ4v) is 5.24. The van der Waals surface area contributed by atoms with E-state index in [4.69, 9.17) is 0 Å². The molecule has 2 aromatic carbocycles. The van der Waals surface area contributed by atoms with Crippen LogP contribution in [0.1, 0.15) is 50.6 Å². The largest absolute Gasteiger partial charge is 0.348 e. The van der Waals surface area contributed by atoms with Crippen molar-refractivity contribution in [3.63, 3.8) is 0 Å². The summed E-state index contributed by atoms with van der Waals surface area (Å²) < 4.78 is 16.8. The van der Waals surface area contributed by atoms with E-state index in [0.29, 0.717) is 25.3 Å². The molecule has 2 heterocycles. The van der Waals surface area contributed by atoms with Gasteiger partial charge in [0, 0.05) is 24.9 Å². The first-order chi connectivity index (χ1) is 17.7. The Morgan fingerprint density at radius 2 is 1.92 bits per heavy atom. The van der Waals surface area contributed by atoms with Crippen molar-refractivity contribution in [1.29, 1.82) is 0 Å². The van der Waals surface area contributed by atoms with Gasteiger partial charge in [0.2, 0.25) is 5.91 Å².